The maximum atomic E-state index is 11.7. The monoisotopic (exact) mass is 342 g/mol. The third kappa shape index (κ3) is 5.48. The topological polar surface area (TPSA) is 59.6 Å². The molecule has 5 nitrogen and oxygen atoms in total. The molecule has 0 spiro atoms. The molecular weight excluding hydrogens is 324 g/mol. The second-order valence-electron chi connectivity index (χ2n) is 4.58. The molecule has 1 atom stereocenters. The van der Waals surface area contributed by atoms with Crippen LogP contribution in [0.25, 0.3) is 0 Å². The summed E-state index contributed by atoms with van der Waals surface area (Å²) in [6.45, 7) is 3.09. The molecule has 0 aromatic heterocycles. The van der Waals surface area contributed by atoms with E-state index in [9.17, 15) is 4.79 Å². The van der Waals surface area contributed by atoms with Gasteiger partial charge in [0.2, 0.25) is 5.91 Å². The van der Waals surface area contributed by atoms with Crippen LogP contribution >= 0.6 is 15.9 Å². The maximum absolute atomic E-state index is 11.7. The van der Waals surface area contributed by atoms with Gasteiger partial charge in [0.1, 0.15) is 12.4 Å². The summed E-state index contributed by atoms with van der Waals surface area (Å²) in [6, 6.07) is 7.73. The second kappa shape index (κ2) is 8.24. The molecule has 1 amide bonds. The molecule has 0 saturated carbocycles. The van der Waals surface area contributed by atoms with Crippen LogP contribution in [0.3, 0.4) is 0 Å². The number of rotatable bonds is 6. The molecule has 0 bridgehead atoms. The minimum atomic E-state index is 0.0207. The van der Waals surface area contributed by atoms with Crippen molar-refractivity contribution < 1.29 is 14.3 Å². The van der Waals surface area contributed by atoms with Crippen molar-refractivity contribution in [3.05, 3.63) is 28.7 Å². The molecule has 20 heavy (non-hydrogen) atoms. The maximum Gasteiger partial charge on any atom is 0.221 e. The van der Waals surface area contributed by atoms with Crippen LogP contribution in [0, 0.1) is 0 Å². The van der Waals surface area contributed by atoms with Crippen LogP contribution in [0.2, 0.25) is 0 Å². The Kier molecular flexibility index (Phi) is 6.29. The Labute approximate surface area is 127 Å². The fourth-order valence-corrected chi connectivity index (χ4v) is 2.20. The van der Waals surface area contributed by atoms with Crippen molar-refractivity contribution in [2.75, 3.05) is 32.9 Å². The molecule has 1 saturated heterocycles. The number of hydrogen-bond acceptors (Lipinski definition) is 4. The summed E-state index contributed by atoms with van der Waals surface area (Å²) < 4.78 is 11.8. The predicted octanol–water partition coefficient (Wildman–Crippen LogP) is 1.32. The summed E-state index contributed by atoms with van der Waals surface area (Å²) in [6.07, 6.45) is 0.443. The minimum Gasteiger partial charge on any atom is -0.492 e. The van der Waals surface area contributed by atoms with Gasteiger partial charge in [0.15, 0.2) is 0 Å². The molecule has 0 aliphatic carbocycles. The first-order valence-corrected chi connectivity index (χ1v) is 7.49. The van der Waals surface area contributed by atoms with Crippen molar-refractivity contribution in [3.63, 3.8) is 0 Å². The van der Waals surface area contributed by atoms with Gasteiger partial charge in [-0.25, -0.2) is 0 Å². The van der Waals surface area contributed by atoms with Crippen molar-refractivity contribution in [2.45, 2.75) is 12.5 Å². The van der Waals surface area contributed by atoms with E-state index in [4.69, 9.17) is 9.47 Å². The Morgan fingerprint density at radius 2 is 2.25 bits per heavy atom. The number of carbonyl (C=O) groups is 1. The lowest BCUT2D eigenvalue weighted by Gasteiger charge is -2.23. The third-order valence-electron chi connectivity index (χ3n) is 2.94. The van der Waals surface area contributed by atoms with Crippen LogP contribution in [-0.2, 0) is 9.53 Å². The highest BCUT2D eigenvalue weighted by Gasteiger charge is 2.16. The van der Waals surface area contributed by atoms with E-state index in [2.05, 4.69) is 26.6 Å². The first kappa shape index (κ1) is 15.3. The van der Waals surface area contributed by atoms with Crippen LogP contribution < -0.4 is 15.4 Å². The Morgan fingerprint density at radius 1 is 1.45 bits per heavy atom. The quantitative estimate of drug-likeness (QED) is 0.765. The van der Waals surface area contributed by atoms with Crippen LogP contribution in [0.1, 0.15) is 6.42 Å². The predicted molar refractivity (Wildman–Crippen MR) is 79.9 cm³/mol. The largest absolute Gasteiger partial charge is 0.492 e. The number of ether oxygens (including phenoxy) is 2. The minimum absolute atomic E-state index is 0.0207. The highest BCUT2D eigenvalue weighted by atomic mass is 79.9. The lowest BCUT2D eigenvalue weighted by Crippen LogP contribution is -2.44. The van der Waals surface area contributed by atoms with Gasteiger partial charge in [0.25, 0.3) is 0 Å². The third-order valence-corrected chi connectivity index (χ3v) is 3.47. The fourth-order valence-electron chi connectivity index (χ4n) is 1.94. The summed E-state index contributed by atoms with van der Waals surface area (Å²) in [5.41, 5.74) is 0. The molecule has 1 aromatic rings. The van der Waals surface area contributed by atoms with Crippen LogP contribution in [0.5, 0.6) is 5.75 Å². The highest BCUT2D eigenvalue weighted by molar-refractivity contribution is 9.10. The number of benzene rings is 1. The van der Waals surface area contributed by atoms with E-state index in [0.717, 1.165) is 23.4 Å². The molecule has 1 aliphatic rings. The Hall–Kier alpha value is -1.11. The van der Waals surface area contributed by atoms with Gasteiger partial charge in [-0.05, 0) is 24.3 Å². The summed E-state index contributed by atoms with van der Waals surface area (Å²) in [7, 11) is 0. The molecule has 1 unspecified atom stereocenters. The molecule has 1 aliphatic heterocycles. The zero-order valence-corrected chi connectivity index (χ0v) is 12.8. The SMILES string of the molecule is O=C(CC1COCCN1)NCCOc1ccc(Br)cc1. The number of amides is 1. The van der Waals surface area contributed by atoms with E-state index in [1.807, 2.05) is 24.3 Å². The number of carbonyl (C=O) groups excluding carboxylic acids is 1. The van der Waals surface area contributed by atoms with Gasteiger partial charge in [-0.3, -0.25) is 4.79 Å². The van der Waals surface area contributed by atoms with Gasteiger partial charge < -0.3 is 20.1 Å². The van der Waals surface area contributed by atoms with Gasteiger partial charge in [0, 0.05) is 23.5 Å². The molecule has 6 heteroatoms. The van der Waals surface area contributed by atoms with Gasteiger partial charge in [-0.1, -0.05) is 15.9 Å². The highest BCUT2D eigenvalue weighted by Crippen LogP contribution is 2.15. The van der Waals surface area contributed by atoms with Gasteiger partial charge in [-0.15, -0.1) is 0 Å². The van der Waals surface area contributed by atoms with E-state index in [-0.39, 0.29) is 11.9 Å². The summed E-state index contributed by atoms with van der Waals surface area (Å²) >= 11 is 3.36. The molecule has 1 heterocycles. The number of nitrogens with one attached hydrogen (secondary N) is 2. The zero-order valence-electron chi connectivity index (χ0n) is 11.2. The van der Waals surface area contributed by atoms with Crippen LogP contribution in [0.4, 0.5) is 0 Å². The van der Waals surface area contributed by atoms with Crippen molar-refractivity contribution >= 4 is 21.8 Å². The van der Waals surface area contributed by atoms with Crippen molar-refractivity contribution in [1.82, 2.24) is 10.6 Å². The molecule has 1 fully saturated rings. The Balaban J connectivity index is 1.58. The normalized spacial score (nSPS) is 18.6. The smallest absolute Gasteiger partial charge is 0.221 e. The van der Waals surface area contributed by atoms with E-state index in [0.29, 0.717) is 26.2 Å². The standard InChI is InChI=1S/C14H19BrN2O3/c15-11-1-3-13(4-2-11)20-8-6-17-14(18)9-12-10-19-7-5-16-12/h1-4,12,16H,5-10H2,(H,17,18). The average molecular weight is 343 g/mol. The van der Waals surface area contributed by atoms with E-state index >= 15 is 0 Å². The summed E-state index contributed by atoms with van der Waals surface area (Å²) in [5.74, 6) is 0.817. The molecule has 110 valence electrons. The Morgan fingerprint density at radius 3 is 2.95 bits per heavy atom. The van der Waals surface area contributed by atoms with Gasteiger partial charge in [0.05, 0.1) is 19.8 Å². The average Bonchev–Trinajstić information content (AvgIpc) is 2.46. The first-order valence-electron chi connectivity index (χ1n) is 6.70. The van der Waals surface area contributed by atoms with Crippen molar-refractivity contribution in [3.8, 4) is 5.75 Å². The zero-order chi connectivity index (χ0) is 14.2. The molecule has 2 rings (SSSR count). The van der Waals surface area contributed by atoms with E-state index in [1.54, 1.807) is 0 Å². The number of morpholine rings is 1. The Bertz CT molecular complexity index is 419. The lowest BCUT2D eigenvalue weighted by atomic mass is 10.2. The molecule has 2 N–H and O–H groups in total. The number of halogens is 1. The fraction of sp³-hybridized carbons (Fsp3) is 0.500. The first-order chi connectivity index (χ1) is 9.74. The molecule has 0 radical (unpaired) electrons. The van der Waals surface area contributed by atoms with Gasteiger partial charge >= 0.3 is 0 Å². The molecule has 1 aromatic carbocycles. The van der Waals surface area contributed by atoms with Crippen molar-refractivity contribution in [1.29, 1.82) is 0 Å². The van der Waals surface area contributed by atoms with Crippen molar-refractivity contribution in [2.24, 2.45) is 0 Å². The van der Waals surface area contributed by atoms with E-state index in [1.165, 1.54) is 0 Å². The number of hydrogen-bond donors (Lipinski definition) is 2. The summed E-state index contributed by atoms with van der Waals surface area (Å²) in [5, 5.41) is 6.09. The van der Waals surface area contributed by atoms with Gasteiger partial charge in [-0.2, -0.15) is 0 Å². The van der Waals surface area contributed by atoms with E-state index < -0.39 is 0 Å². The second-order valence-corrected chi connectivity index (χ2v) is 5.50. The van der Waals surface area contributed by atoms with Crippen LogP contribution in [0.15, 0.2) is 28.7 Å². The molecular formula is C14H19BrN2O3. The summed E-state index contributed by atoms with van der Waals surface area (Å²) in [4.78, 5) is 11.7. The van der Waals surface area contributed by atoms with Crippen LogP contribution in [-0.4, -0.2) is 44.9 Å². The lowest BCUT2D eigenvalue weighted by molar-refractivity contribution is -0.122.